The number of carbonyl (C=O) groups is 2. The van der Waals surface area contributed by atoms with E-state index in [4.69, 9.17) is 0 Å². The minimum Gasteiger partial charge on any atom is -0.352 e. The van der Waals surface area contributed by atoms with Gasteiger partial charge in [-0.25, -0.2) is 4.39 Å². The predicted octanol–water partition coefficient (Wildman–Crippen LogP) is 5.05. The summed E-state index contributed by atoms with van der Waals surface area (Å²) in [4.78, 5) is 25.7. The van der Waals surface area contributed by atoms with E-state index in [0.29, 0.717) is 23.4 Å². The van der Waals surface area contributed by atoms with Crippen molar-refractivity contribution in [1.82, 2.24) is 5.32 Å². The van der Waals surface area contributed by atoms with E-state index in [1.807, 2.05) is 5.38 Å². The number of nitrogens with one attached hydrogen (secondary N) is 2. The molecule has 2 N–H and O–H groups in total. The third-order valence-corrected chi connectivity index (χ3v) is 5.67. The molecule has 0 fully saturated rings. The molecule has 1 aromatic heterocycles. The molecule has 1 heterocycles. The molecule has 28 heavy (non-hydrogen) atoms. The van der Waals surface area contributed by atoms with Gasteiger partial charge in [-0.05, 0) is 60.0 Å². The van der Waals surface area contributed by atoms with Crippen LogP contribution in [0.1, 0.15) is 27.1 Å². The van der Waals surface area contributed by atoms with Gasteiger partial charge in [0.15, 0.2) is 0 Å². The predicted molar refractivity (Wildman–Crippen MR) is 113 cm³/mol. The summed E-state index contributed by atoms with van der Waals surface area (Å²) in [7, 11) is 0. The number of amides is 2. The van der Waals surface area contributed by atoms with E-state index in [2.05, 4.69) is 10.6 Å². The summed E-state index contributed by atoms with van der Waals surface area (Å²) in [5, 5.41) is 9.27. The van der Waals surface area contributed by atoms with Crippen molar-refractivity contribution in [1.29, 1.82) is 0 Å². The van der Waals surface area contributed by atoms with Gasteiger partial charge in [0, 0.05) is 16.8 Å². The second-order valence-electron chi connectivity index (χ2n) is 5.92. The molecule has 0 bridgehead atoms. The first-order valence-electron chi connectivity index (χ1n) is 8.72. The Morgan fingerprint density at radius 2 is 1.79 bits per heavy atom. The van der Waals surface area contributed by atoms with E-state index in [1.165, 1.54) is 23.5 Å². The van der Waals surface area contributed by atoms with Crippen LogP contribution in [0.3, 0.4) is 0 Å². The van der Waals surface area contributed by atoms with Crippen molar-refractivity contribution < 1.29 is 14.0 Å². The lowest BCUT2D eigenvalue weighted by Gasteiger charge is -2.11. The average Bonchev–Trinajstić information content (AvgIpc) is 3.24. The molecular formula is C21H19FN2O2S2. The zero-order valence-electron chi connectivity index (χ0n) is 15.0. The summed E-state index contributed by atoms with van der Waals surface area (Å²) in [5.41, 5.74) is 1.48. The van der Waals surface area contributed by atoms with Crippen LogP contribution in [-0.2, 0) is 0 Å². The molecule has 2 amide bonds. The Balaban J connectivity index is 1.49. The fraction of sp³-hybridized carbons (Fsp3) is 0.143. The molecule has 0 spiro atoms. The first-order valence-corrected chi connectivity index (χ1v) is 10.7. The molecule has 0 radical (unpaired) electrons. The molecule has 4 nitrogen and oxygen atoms in total. The SMILES string of the molecule is O=C(Nc1ccccc1C(=O)NCCCSc1ccc(F)cc1)c1ccsc1. The Hall–Kier alpha value is -2.64. The second kappa shape index (κ2) is 10.1. The van der Waals surface area contributed by atoms with Crippen molar-refractivity contribution in [2.75, 3.05) is 17.6 Å². The minimum atomic E-state index is -0.249. The molecule has 0 aliphatic rings. The van der Waals surface area contributed by atoms with Crippen LogP contribution in [0.2, 0.25) is 0 Å². The monoisotopic (exact) mass is 414 g/mol. The van der Waals surface area contributed by atoms with Gasteiger partial charge in [0.05, 0.1) is 16.8 Å². The first kappa shape index (κ1) is 20.1. The van der Waals surface area contributed by atoms with Crippen molar-refractivity contribution in [2.24, 2.45) is 0 Å². The number of thiophene rings is 1. The molecule has 0 aliphatic heterocycles. The Bertz CT molecular complexity index is 928. The smallest absolute Gasteiger partial charge is 0.256 e. The van der Waals surface area contributed by atoms with Crippen LogP contribution in [0.5, 0.6) is 0 Å². The standard InChI is InChI=1S/C21H19FN2O2S2/c22-16-6-8-17(9-7-16)28-12-3-11-23-21(26)18-4-1-2-5-19(18)24-20(25)15-10-13-27-14-15/h1-2,4-10,13-14H,3,11-12H2,(H,23,26)(H,24,25). The quantitative estimate of drug-likeness (QED) is 0.400. The van der Waals surface area contributed by atoms with E-state index in [-0.39, 0.29) is 17.6 Å². The zero-order chi connectivity index (χ0) is 19.8. The van der Waals surface area contributed by atoms with Crippen molar-refractivity contribution in [3.63, 3.8) is 0 Å². The molecular weight excluding hydrogens is 395 g/mol. The number of halogens is 1. The third-order valence-electron chi connectivity index (χ3n) is 3.89. The maximum absolute atomic E-state index is 12.9. The number of hydrogen-bond acceptors (Lipinski definition) is 4. The molecule has 2 aromatic carbocycles. The highest BCUT2D eigenvalue weighted by Gasteiger charge is 2.13. The Morgan fingerprint density at radius 3 is 2.54 bits per heavy atom. The van der Waals surface area contributed by atoms with E-state index >= 15 is 0 Å². The first-order chi connectivity index (χ1) is 13.6. The normalized spacial score (nSPS) is 10.5. The maximum Gasteiger partial charge on any atom is 0.256 e. The summed E-state index contributed by atoms with van der Waals surface area (Å²) in [6, 6.07) is 15.0. The molecule has 0 aliphatic carbocycles. The van der Waals surface area contributed by atoms with E-state index in [0.717, 1.165) is 17.1 Å². The van der Waals surface area contributed by atoms with Gasteiger partial charge in [-0.2, -0.15) is 11.3 Å². The Morgan fingerprint density at radius 1 is 1.00 bits per heavy atom. The van der Waals surface area contributed by atoms with E-state index in [1.54, 1.807) is 59.6 Å². The van der Waals surface area contributed by atoms with Crippen LogP contribution in [0.15, 0.2) is 70.3 Å². The second-order valence-corrected chi connectivity index (χ2v) is 7.87. The Kier molecular flexibility index (Phi) is 7.22. The number of carbonyl (C=O) groups excluding carboxylic acids is 2. The number of anilines is 1. The van der Waals surface area contributed by atoms with Crippen LogP contribution in [-0.4, -0.2) is 24.1 Å². The van der Waals surface area contributed by atoms with Gasteiger partial charge in [0.1, 0.15) is 5.82 Å². The lowest BCUT2D eigenvalue weighted by molar-refractivity contribution is 0.0954. The van der Waals surface area contributed by atoms with Crippen molar-refractivity contribution >= 4 is 40.6 Å². The van der Waals surface area contributed by atoms with Gasteiger partial charge >= 0.3 is 0 Å². The lowest BCUT2D eigenvalue weighted by Crippen LogP contribution is -2.26. The van der Waals surface area contributed by atoms with Crippen molar-refractivity contribution in [3.8, 4) is 0 Å². The molecule has 7 heteroatoms. The van der Waals surface area contributed by atoms with Gasteiger partial charge in [-0.15, -0.1) is 11.8 Å². The molecule has 0 atom stereocenters. The van der Waals surface area contributed by atoms with Gasteiger partial charge in [-0.1, -0.05) is 12.1 Å². The van der Waals surface area contributed by atoms with Crippen LogP contribution < -0.4 is 10.6 Å². The maximum atomic E-state index is 12.9. The van der Waals surface area contributed by atoms with Crippen molar-refractivity contribution in [2.45, 2.75) is 11.3 Å². The van der Waals surface area contributed by atoms with E-state index < -0.39 is 0 Å². The molecule has 0 unspecified atom stereocenters. The number of hydrogen-bond donors (Lipinski definition) is 2. The molecule has 3 rings (SSSR count). The fourth-order valence-electron chi connectivity index (χ4n) is 2.47. The topological polar surface area (TPSA) is 58.2 Å². The van der Waals surface area contributed by atoms with Gasteiger partial charge in [0.2, 0.25) is 0 Å². The summed E-state index contributed by atoms with van der Waals surface area (Å²) >= 11 is 3.06. The summed E-state index contributed by atoms with van der Waals surface area (Å²) < 4.78 is 12.9. The van der Waals surface area contributed by atoms with Crippen LogP contribution in [0, 0.1) is 5.82 Å². The molecule has 3 aromatic rings. The third kappa shape index (κ3) is 5.68. The minimum absolute atomic E-state index is 0.229. The van der Waals surface area contributed by atoms with Gasteiger partial charge in [0.25, 0.3) is 11.8 Å². The van der Waals surface area contributed by atoms with Crippen LogP contribution in [0.25, 0.3) is 0 Å². The zero-order valence-corrected chi connectivity index (χ0v) is 16.6. The number of rotatable bonds is 8. The number of benzene rings is 2. The summed E-state index contributed by atoms with van der Waals surface area (Å²) in [5.74, 6) is 0.0918. The molecule has 144 valence electrons. The summed E-state index contributed by atoms with van der Waals surface area (Å²) in [6.07, 6.45) is 0.775. The fourth-order valence-corrected chi connectivity index (χ4v) is 3.96. The van der Waals surface area contributed by atoms with Crippen molar-refractivity contribution in [3.05, 3.63) is 82.3 Å². The Labute approximate surface area is 171 Å². The highest BCUT2D eigenvalue weighted by Crippen LogP contribution is 2.19. The lowest BCUT2D eigenvalue weighted by atomic mass is 10.1. The van der Waals surface area contributed by atoms with Gasteiger partial charge < -0.3 is 10.6 Å². The summed E-state index contributed by atoms with van der Waals surface area (Å²) in [6.45, 7) is 0.514. The number of para-hydroxylation sites is 1. The average molecular weight is 415 g/mol. The number of thioether (sulfide) groups is 1. The van der Waals surface area contributed by atoms with E-state index in [9.17, 15) is 14.0 Å². The molecule has 0 saturated carbocycles. The highest BCUT2D eigenvalue weighted by molar-refractivity contribution is 7.99. The van der Waals surface area contributed by atoms with Crippen LogP contribution >= 0.6 is 23.1 Å². The molecule has 0 saturated heterocycles. The largest absolute Gasteiger partial charge is 0.352 e. The van der Waals surface area contributed by atoms with Gasteiger partial charge in [-0.3, -0.25) is 9.59 Å². The highest BCUT2D eigenvalue weighted by atomic mass is 32.2. The van der Waals surface area contributed by atoms with Crippen LogP contribution in [0.4, 0.5) is 10.1 Å².